The van der Waals surface area contributed by atoms with Crippen LogP contribution >= 0.6 is 0 Å². The molecule has 0 bridgehead atoms. The molecule has 1 aliphatic rings. The molecule has 6 nitrogen and oxygen atoms in total. The molecule has 2 heterocycles. The molecule has 0 spiro atoms. The number of carbonyl (C=O) groups excluding carboxylic acids is 1. The molecule has 156 valence electrons. The van der Waals surface area contributed by atoms with E-state index in [9.17, 15) is 9.18 Å². The van der Waals surface area contributed by atoms with Crippen LogP contribution < -0.4 is 9.47 Å². The molecule has 2 aromatic carbocycles. The third-order valence-corrected chi connectivity index (χ3v) is 4.98. The number of oxazole rings is 1. The Hall–Kier alpha value is -3.35. The lowest BCUT2D eigenvalue weighted by molar-refractivity contribution is -0.131. The maximum Gasteiger partial charge on any atom is 0.223 e. The summed E-state index contributed by atoms with van der Waals surface area (Å²) in [7, 11) is 0. The van der Waals surface area contributed by atoms with Crippen molar-refractivity contribution in [3.63, 3.8) is 0 Å². The number of amides is 1. The molecule has 0 N–H and O–H groups in total. The number of aromatic nitrogens is 1. The number of benzene rings is 2. The first-order valence-corrected chi connectivity index (χ1v) is 10.00. The average molecular weight is 410 g/mol. The molecule has 1 aliphatic heterocycles. The maximum absolute atomic E-state index is 13.1. The predicted molar refractivity (Wildman–Crippen MR) is 109 cm³/mol. The fourth-order valence-corrected chi connectivity index (χ4v) is 3.39. The van der Waals surface area contributed by atoms with Gasteiger partial charge in [-0.3, -0.25) is 4.79 Å². The SMILES string of the molecule is CCN(Cc1cccc2c1OCCO2)C(=O)CCc1ncc(-c2ccc(F)cc2)o1. The third kappa shape index (κ3) is 4.45. The highest BCUT2D eigenvalue weighted by Gasteiger charge is 2.20. The highest BCUT2D eigenvalue weighted by molar-refractivity contribution is 5.76. The van der Waals surface area contributed by atoms with Crippen LogP contribution in [0, 0.1) is 5.82 Å². The Labute approximate surface area is 174 Å². The van der Waals surface area contributed by atoms with Crippen molar-refractivity contribution in [1.82, 2.24) is 9.88 Å². The summed E-state index contributed by atoms with van der Waals surface area (Å²) < 4.78 is 30.2. The fraction of sp³-hybridized carbons (Fsp3) is 0.304. The number of rotatable bonds is 7. The molecule has 0 saturated heterocycles. The van der Waals surface area contributed by atoms with Gasteiger partial charge in [0, 0.05) is 37.1 Å². The third-order valence-electron chi connectivity index (χ3n) is 4.98. The molecule has 3 aromatic rings. The number of hydrogen-bond acceptors (Lipinski definition) is 5. The minimum Gasteiger partial charge on any atom is -0.486 e. The van der Waals surface area contributed by atoms with Crippen LogP contribution in [0.25, 0.3) is 11.3 Å². The van der Waals surface area contributed by atoms with Crippen molar-refractivity contribution in [1.29, 1.82) is 0 Å². The van der Waals surface area contributed by atoms with Crippen LogP contribution in [0.3, 0.4) is 0 Å². The lowest BCUT2D eigenvalue weighted by Gasteiger charge is -2.25. The van der Waals surface area contributed by atoms with Crippen molar-refractivity contribution in [3.8, 4) is 22.8 Å². The molecular weight excluding hydrogens is 387 g/mol. The van der Waals surface area contributed by atoms with Gasteiger partial charge in [0.1, 0.15) is 19.0 Å². The first-order chi connectivity index (χ1) is 14.6. The summed E-state index contributed by atoms with van der Waals surface area (Å²) in [4.78, 5) is 18.8. The Morgan fingerprint density at radius 2 is 1.93 bits per heavy atom. The predicted octanol–water partition coefficient (Wildman–Crippen LogP) is 4.23. The number of aryl methyl sites for hydroxylation is 1. The number of carbonyl (C=O) groups is 1. The van der Waals surface area contributed by atoms with E-state index in [-0.39, 0.29) is 18.1 Å². The number of halogens is 1. The van der Waals surface area contributed by atoms with Crippen LogP contribution in [0.2, 0.25) is 0 Å². The molecule has 0 atom stereocenters. The Morgan fingerprint density at radius 3 is 2.73 bits per heavy atom. The van der Waals surface area contributed by atoms with Gasteiger partial charge >= 0.3 is 0 Å². The highest BCUT2D eigenvalue weighted by Crippen LogP contribution is 2.34. The van der Waals surface area contributed by atoms with Gasteiger partial charge in [0.25, 0.3) is 0 Å². The summed E-state index contributed by atoms with van der Waals surface area (Å²) in [6, 6.07) is 11.7. The molecule has 7 heteroatoms. The summed E-state index contributed by atoms with van der Waals surface area (Å²) >= 11 is 0. The quantitative estimate of drug-likeness (QED) is 0.583. The van der Waals surface area contributed by atoms with E-state index in [2.05, 4.69) is 4.98 Å². The van der Waals surface area contributed by atoms with Crippen LogP contribution in [-0.4, -0.2) is 35.5 Å². The van der Waals surface area contributed by atoms with Crippen LogP contribution in [-0.2, 0) is 17.8 Å². The summed E-state index contributed by atoms with van der Waals surface area (Å²) in [6.07, 6.45) is 2.27. The summed E-state index contributed by atoms with van der Waals surface area (Å²) in [6.45, 7) is 4.01. The fourth-order valence-electron chi connectivity index (χ4n) is 3.39. The Morgan fingerprint density at radius 1 is 1.13 bits per heavy atom. The zero-order valence-corrected chi connectivity index (χ0v) is 16.8. The molecular formula is C23H23FN2O4. The highest BCUT2D eigenvalue weighted by atomic mass is 19.1. The number of ether oxygens (including phenoxy) is 2. The van der Waals surface area contributed by atoms with E-state index >= 15 is 0 Å². The van der Waals surface area contributed by atoms with Gasteiger partial charge in [0.2, 0.25) is 5.91 Å². The van der Waals surface area contributed by atoms with E-state index in [1.165, 1.54) is 12.1 Å². The maximum atomic E-state index is 13.1. The number of hydrogen-bond donors (Lipinski definition) is 0. The topological polar surface area (TPSA) is 64.8 Å². The Bertz CT molecular complexity index is 1020. The van der Waals surface area contributed by atoms with Crippen LogP contribution in [0.4, 0.5) is 4.39 Å². The molecule has 0 unspecified atom stereocenters. The van der Waals surface area contributed by atoms with Gasteiger partial charge in [0.05, 0.1) is 6.20 Å². The van der Waals surface area contributed by atoms with Gasteiger partial charge in [0.15, 0.2) is 23.1 Å². The molecule has 0 fully saturated rings. The Balaban J connectivity index is 1.38. The van der Waals surface area contributed by atoms with E-state index in [0.717, 1.165) is 16.9 Å². The molecule has 1 amide bonds. The van der Waals surface area contributed by atoms with Gasteiger partial charge < -0.3 is 18.8 Å². The smallest absolute Gasteiger partial charge is 0.223 e. The lowest BCUT2D eigenvalue weighted by atomic mass is 10.1. The van der Waals surface area contributed by atoms with Crippen LogP contribution in [0.15, 0.2) is 53.1 Å². The number of nitrogens with zero attached hydrogens (tertiary/aromatic N) is 2. The van der Waals surface area contributed by atoms with Gasteiger partial charge in [-0.1, -0.05) is 12.1 Å². The molecule has 30 heavy (non-hydrogen) atoms. The summed E-state index contributed by atoms with van der Waals surface area (Å²) in [5.74, 6) is 2.17. The standard InChI is InChI=1S/C23H23FN2O4/c1-2-26(15-17-4-3-5-19-23(17)29-13-12-28-19)22(27)11-10-21-25-14-20(30-21)16-6-8-18(24)9-7-16/h3-9,14H,2,10-13,15H2,1H3. The van der Waals surface area contributed by atoms with E-state index in [1.54, 1.807) is 23.2 Å². The van der Waals surface area contributed by atoms with Crippen LogP contribution in [0.1, 0.15) is 24.8 Å². The first kappa shape index (κ1) is 19.9. The zero-order chi connectivity index (χ0) is 20.9. The van der Waals surface area contributed by atoms with Crippen molar-refractivity contribution in [2.24, 2.45) is 0 Å². The molecule has 1 aromatic heterocycles. The van der Waals surface area contributed by atoms with E-state index < -0.39 is 0 Å². The molecule has 0 radical (unpaired) electrons. The number of fused-ring (bicyclic) bond motifs is 1. The van der Waals surface area contributed by atoms with Crippen molar-refractivity contribution in [2.45, 2.75) is 26.3 Å². The lowest BCUT2D eigenvalue weighted by Crippen LogP contribution is -2.31. The van der Waals surface area contributed by atoms with E-state index in [1.807, 2.05) is 25.1 Å². The summed E-state index contributed by atoms with van der Waals surface area (Å²) in [5, 5.41) is 0. The van der Waals surface area contributed by atoms with E-state index in [0.29, 0.717) is 50.1 Å². The molecule has 0 saturated carbocycles. The van der Waals surface area contributed by atoms with Crippen molar-refractivity contribution < 1.29 is 23.1 Å². The average Bonchev–Trinajstić information content (AvgIpc) is 3.25. The second-order valence-corrected chi connectivity index (χ2v) is 6.97. The Kier molecular flexibility index (Phi) is 5.97. The number of para-hydroxylation sites is 1. The largest absolute Gasteiger partial charge is 0.486 e. The second kappa shape index (κ2) is 8.98. The summed E-state index contributed by atoms with van der Waals surface area (Å²) in [5.41, 5.74) is 1.67. The van der Waals surface area contributed by atoms with Crippen molar-refractivity contribution in [3.05, 3.63) is 65.9 Å². The second-order valence-electron chi connectivity index (χ2n) is 6.97. The monoisotopic (exact) mass is 410 g/mol. The van der Waals surface area contributed by atoms with Gasteiger partial charge in [-0.05, 0) is 37.3 Å². The first-order valence-electron chi connectivity index (χ1n) is 10.00. The van der Waals surface area contributed by atoms with Crippen LogP contribution in [0.5, 0.6) is 11.5 Å². The van der Waals surface area contributed by atoms with E-state index in [4.69, 9.17) is 13.9 Å². The minimum absolute atomic E-state index is 0.00774. The van der Waals surface area contributed by atoms with Gasteiger partial charge in [-0.25, -0.2) is 9.37 Å². The van der Waals surface area contributed by atoms with Crippen molar-refractivity contribution >= 4 is 5.91 Å². The minimum atomic E-state index is -0.305. The van der Waals surface area contributed by atoms with Crippen molar-refractivity contribution in [2.75, 3.05) is 19.8 Å². The zero-order valence-electron chi connectivity index (χ0n) is 16.8. The normalized spacial score (nSPS) is 12.6. The van der Waals surface area contributed by atoms with Gasteiger partial charge in [-0.2, -0.15) is 0 Å². The molecule has 4 rings (SSSR count). The molecule has 0 aliphatic carbocycles. The van der Waals surface area contributed by atoms with Gasteiger partial charge in [-0.15, -0.1) is 0 Å².